The zero-order valence-corrected chi connectivity index (χ0v) is 18.4. The summed E-state index contributed by atoms with van der Waals surface area (Å²) in [5.74, 6) is 1.59. The Labute approximate surface area is 192 Å². The smallest absolute Gasteiger partial charge is 0.237 e. The average molecular weight is 473 g/mol. The molecule has 0 amide bonds. The molecule has 8 nitrogen and oxygen atoms in total. The van der Waals surface area contributed by atoms with Gasteiger partial charge in [-0.3, -0.25) is 4.57 Å². The predicted molar refractivity (Wildman–Crippen MR) is 119 cm³/mol. The first-order valence-corrected chi connectivity index (χ1v) is 11.3. The number of morpholine rings is 1. The summed E-state index contributed by atoms with van der Waals surface area (Å²) < 4.78 is 26.7. The fraction of sp³-hybridized carbons (Fsp3) is 0.238. The molecule has 2 aromatic carbocycles. The van der Waals surface area contributed by atoms with E-state index in [9.17, 15) is 4.39 Å². The SMILES string of the molecule is Fc1cccc(-n2c(SCc3nc(-c4cccc(Cl)c4)no3)nnc2N2CCOCC2)c1. The lowest BCUT2D eigenvalue weighted by molar-refractivity contribution is 0.122. The van der Waals surface area contributed by atoms with Gasteiger partial charge in [-0.1, -0.05) is 46.7 Å². The number of thioether (sulfide) groups is 1. The number of hydrogen-bond donors (Lipinski definition) is 0. The quantitative estimate of drug-likeness (QED) is 0.385. The van der Waals surface area contributed by atoms with E-state index < -0.39 is 0 Å². The van der Waals surface area contributed by atoms with E-state index in [2.05, 4.69) is 25.2 Å². The van der Waals surface area contributed by atoms with Gasteiger partial charge in [0.1, 0.15) is 5.82 Å². The summed E-state index contributed by atoms with van der Waals surface area (Å²) in [4.78, 5) is 6.53. The van der Waals surface area contributed by atoms with Gasteiger partial charge in [0.25, 0.3) is 0 Å². The van der Waals surface area contributed by atoms with Crippen LogP contribution in [0, 0.1) is 5.82 Å². The van der Waals surface area contributed by atoms with Crippen molar-refractivity contribution in [3.8, 4) is 17.1 Å². The first-order chi connectivity index (χ1) is 15.7. The molecule has 0 spiro atoms. The van der Waals surface area contributed by atoms with Crippen LogP contribution in [0.5, 0.6) is 0 Å². The van der Waals surface area contributed by atoms with Crippen molar-refractivity contribution in [2.45, 2.75) is 10.9 Å². The van der Waals surface area contributed by atoms with Crippen molar-refractivity contribution in [2.24, 2.45) is 0 Å². The number of anilines is 1. The van der Waals surface area contributed by atoms with Crippen LogP contribution in [0.3, 0.4) is 0 Å². The number of halogens is 2. The van der Waals surface area contributed by atoms with Gasteiger partial charge in [-0.2, -0.15) is 4.98 Å². The van der Waals surface area contributed by atoms with Gasteiger partial charge < -0.3 is 14.2 Å². The van der Waals surface area contributed by atoms with E-state index in [1.165, 1.54) is 23.9 Å². The number of hydrogen-bond acceptors (Lipinski definition) is 8. The lowest BCUT2D eigenvalue weighted by Gasteiger charge is -2.27. The molecule has 1 fully saturated rings. The third-order valence-electron chi connectivity index (χ3n) is 4.85. The Kier molecular flexibility index (Phi) is 6.06. The Hall–Kier alpha value is -2.95. The van der Waals surface area contributed by atoms with Crippen molar-refractivity contribution in [1.82, 2.24) is 24.9 Å². The number of ether oxygens (including phenoxy) is 1. The van der Waals surface area contributed by atoms with Gasteiger partial charge in [0.2, 0.25) is 17.7 Å². The lowest BCUT2D eigenvalue weighted by atomic mass is 10.2. The first-order valence-electron chi connectivity index (χ1n) is 9.93. The van der Waals surface area contributed by atoms with Gasteiger partial charge in [0, 0.05) is 23.7 Å². The van der Waals surface area contributed by atoms with Crippen molar-refractivity contribution in [1.29, 1.82) is 0 Å². The van der Waals surface area contributed by atoms with E-state index in [1.54, 1.807) is 18.2 Å². The third kappa shape index (κ3) is 4.47. The Morgan fingerprint density at radius 3 is 2.72 bits per heavy atom. The van der Waals surface area contributed by atoms with Crippen molar-refractivity contribution in [3.63, 3.8) is 0 Å². The lowest BCUT2D eigenvalue weighted by Crippen LogP contribution is -2.37. The summed E-state index contributed by atoms with van der Waals surface area (Å²) >= 11 is 7.43. The molecule has 3 heterocycles. The van der Waals surface area contributed by atoms with Crippen molar-refractivity contribution >= 4 is 29.3 Å². The Balaban J connectivity index is 1.41. The monoisotopic (exact) mass is 472 g/mol. The summed E-state index contributed by atoms with van der Waals surface area (Å²) in [6, 6.07) is 13.6. The number of nitrogens with zero attached hydrogens (tertiary/aromatic N) is 6. The van der Waals surface area contributed by atoms with Crippen LogP contribution < -0.4 is 4.90 Å². The highest BCUT2D eigenvalue weighted by molar-refractivity contribution is 7.98. The molecule has 0 aliphatic carbocycles. The van der Waals surface area contributed by atoms with E-state index in [4.69, 9.17) is 20.9 Å². The van der Waals surface area contributed by atoms with Crippen LogP contribution in [0.1, 0.15) is 5.89 Å². The van der Waals surface area contributed by atoms with Gasteiger partial charge in [0.15, 0.2) is 5.16 Å². The minimum Gasteiger partial charge on any atom is -0.378 e. The van der Waals surface area contributed by atoms with Crippen molar-refractivity contribution in [3.05, 3.63) is 65.3 Å². The van der Waals surface area contributed by atoms with E-state index >= 15 is 0 Å². The molecule has 0 bridgehead atoms. The summed E-state index contributed by atoms with van der Waals surface area (Å²) in [6.45, 7) is 2.58. The maximum atomic E-state index is 14.0. The molecule has 1 aliphatic rings. The standard InChI is InChI=1S/C21H18ClFN6O2S/c22-15-4-1-3-14(11-15)19-24-18(31-27-19)13-32-21-26-25-20(28-7-9-30-10-8-28)29(21)17-6-2-5-16(23)12-17/h1-6,11-12H,7-10,13H2. The van der Waals surface area contributed by atoms with Crippen molar-refractivity contribution < 1.29 is 13.7 Å². The van der Waals surface area contributed by atoms with Crippen LogP contribution in [-0.4, -0.2) is 51.2 Å². The van der Waals surface area contributed by atoms with E-state index in [1.807, 2.05) is 22.8 Å². The molecule has 1 aliphatic heterocycles. The average Bonchev–Trinajstić information content (AvgIpc) is 3.46. The predicted octanol–water partition coefficient (Wildman–Crippen LogP) is 4.24. The van der Waals surface area contributed by atoms with Gasteiger partial charge in [-0.05, 0) is 30.3 Å². The maximum absolute atomic E-state index is 14.0. The fourth-order valence-electron chi connectivity index (χ4n) is 3.35. The van der Waals surface area contributed by atoms with E-state index in [-0.39, 0.29) is 5.82 Å². The third-order valence-corrected chi connectivity index (χ3v) is 6.00. The second-order valence-corrected chi connectivity index (χ2v) is 8.39. The second kappa shape index (κ2) is 9.27. The molecule has 0 radical (unpaired) electrons. The molecule has 0 saturated carbocycles. The summed E-state index contributed by atoms with van der Waals surface area (Å²) in [5.41, 5.74) is 1.42. The number of aromatic nitrogens is 5. The normalized spacial score (nSPS) is 14.1. The van der Waals surface area contributed by atoms with Crippen LogP contribution in [0.4, 0.5) is 10.3 Å². The van der Waals surface area contributed by atoms with E-state index in [0.29, 0.717) is 65.6 Å². The molecule has 1 saturated heterocycles. The molecular weight excluding hydrogens is 455 g/mol. The number of benzene rings is 2. The van der Waals surface area contributed by atoms with Gasteiger partial charge in [-0.25, -0.2) is 4.39 Å². The molecule has 2 aromatic heterocycles. The van der Waals surface area contributed by atoms with Gasteiger partial charge in [0.05, 0.1) is 24.7 Å². The minimum atomic E-state index is -0.330. The van der Waals surface area contributed by atoms with Crippen LogP contribution in [-0.2, 0) is 10.5 Å². The zero-order valence-electron chi connectivity index (χ0n) is 16.8. The fourth-order valence-corrected chi connectivity index (χ4v) is 4.32. The van der Waals surface area contributed by atoms with Gasteiger partial charge >= 0.3 is 0 Å². The maximum Gasteiger partial charge on any atom is 0.237 e. The van der Waals surface area contributed by atoms with Gasteiger partial charge in [-0.15, -0.1) is 10.2 Å². The highest BCUT2D eigenvalue weighted by Gasteiger charge is 2.22. The minimum absolute atomic E-state index is 0.330. The zero-order chi connectivity index (χ0) is 21.9. The Morgan fingerprint density at radius 2 is 1.91 bits per heavy atom. The Morgan fingerprint density at radius 1 is 1.06 bits per heavy atom. The molecule has 4 aromatic rings. The van der Waals surface area contributed by atoms with Crippen molar-refractivity contribution in [2.75, 3.05) is 31.2 Å². The largest absolute Gasteiger partial charge is 0.378 e. The second-order valence-electron chi connectivity index (χ2n) is 7.01. The topological polar surface area (TPSA) is 82.1 Å². The first kappa shape index (κ1) is 20.9. The highest BCUT2D eigenvalue weighted by Crippen LogP contribution is 2.30. The van der Waals surface area contributed by atoms with Crippen LogP contribution in [0.15, 0.2) is 58.2 Å². The summed E-state index contributed by atoms with van der Waals surface area (Å²) in [5, 5.41) is 14.0. The molecule has 164 valence electrons. The summed E-state index contributed by atoms with van der Waals surface area (Å²) in [6.07, 6.45) is 0. The molecule has 0 unspecified atom stereocenters. The summed E-state index contributed by atoms with van der Waals surface area (Å²) in [7, 11) is 0. The van der Waals surface area contributed by atoms with Crippen LogP contribution in [0.25, 0.3) is 17.1 Å². The molecule has 5 rings (SSSR count). The molecule has 11 heteroatoms. The van der Waals surface area contributed by atoms with Crippen LogP contribution in [0.2, 0.25) is 5.02 Å². The molecular formula is C21H18ClFN6O2S. The number of rotatable bonds is 6. The molecule has 0 N–H and O–H groups in total. The molecule has 32 heavy (non-hydrogen) atoms. The highest BCUT2D eigenvalue weighted by atomic mass is 35.5. The Bertz CT molecular complexity index is 1230. The molecule has 0 atom stereocenters. The van der Waals surface area contributed by atoms with E-state index in [0.717, 1.165) is 5.56 Å². The van der Waals surface area contributed by atoms with Crippen LogP contribution >= 0.6 is 23.4 Å².